The normalized spacial score (nSPS) is 21.3. The summed E-state index contributed by atoms with van der Waals surface area (Å²) in [6, 6.07) is 36.8. The van der Waals surface area contributed by atoms with Crippen LogP contribution in [0.2, 0.25) is 0 Å². The van der Waals surface area contributed by atoms with E-state index < -0.39 is 16.8 Å². The molecule has 0 saturated carbocycles. The Balaban J connectivity index is 1.57. The van der Waals surface area contributed by atoms with E-state index in [1.165, 1.54) is 11.8 Å². The van der Waals surface area contributed by atoms with Crippen molar-refractivity contribution in [1.29, 1.82) is 0 Å². The number of amides is 1. The number of hydrogen-bond donors (Lipinski definition) is 1. The van der Waals surface area contributed by atoms with E-state index in [-0.39, 0.29) is 16.7 Å². The Bertz CT molecular complexity index is 1980. The Morgan fingerprint density at radius 2 is 1.33 bits per heavy atom. The summed E-state index contributed by atoms with van der Waals surface area (Å²) >= 11 is 1.52. The van der Waals surface area contributed by atoms with Crippen molar-refractivity contribution >= 4 is 33.5 Å². The SMILES string of the molecule is CC(C)(C)c1cc([C@@H]2c3ccccc3O[C@H](c3cccc4ccccc34)[C@]23SC(c2ccccc2)=NC3=O)cc(C(C)(C)C)c1O. The molecule has 1 amide bonds. The molecule has 3 atom stereocenters. The summed E-state index contributed by atoms with van der Waals surface area (Å²) in [4.78, 5) is 19.8. The lowest BCUT2D eigenvalue weighted by molar-refractivity contribution is -0.123. The van der Waals surface area contributed by atoms with Gasteiger partial charge in [-0.3, -0.25) is 4.79 Å². The van der Waals surface area contributed by atoms with Crippen LogP contribution in [0.15, 0.2) is 114 Å². The number of thioether (sulfide) groups is 1. The van der Waals surface area contributed by atoms with Crippen molar-refractivity contribution in [3.63, 3.8) is 0 Å². The average molecular weight is 626 g/mol. The number of aliphatic imine (C=N–C) groups is 1. The van der Waals surface area contributed by atoms with Crippen molar-refractivity contribution in [2.75, 3.05) is 0 Å². The van der Waals surface area contributed by atoms with Gasteiger partial charge in [0.05, 0.1) is 0 Å². The molecule has 46 heavy (non-hydrogen) atoms. The van der Waals surface area contributed by atoms with Crippen LogP contribution < -0.4 is 4.74 Å². The minimum absolute atomic E-state index is 0.212. The second kappa shape index (κ2) is 10.9. The Kier molecular flexibility index (Phi) is 7.17. The zero-order valence-electron chi connectivity index (χ0n) is 27.2. The van der Waals surface area contributed by atoms with Crippen molar-refractivity contribution in [3.8, 4) is 11.5 Å². The van der Waals surface area contributed by atoms with Crippen LogP contribution in [-0.4, -0.2) is 20.8 Å². The van der Waals surface area contributed by atoms with Crippen molar-refractivity contribution in [1.82, 2.24) is 0 Å². The van der Waals surface area contributed by atoms with Gasteiger partial charge >= 0.3 is 0 Å². The molecule has 0 fully saturated rings. The fourth-order valence-electron chi connectivity index (χ4n) is 7.05. The van der Waals surface area contributed by atoms with E-state index >= 15 is 0 Å². The topological polar surface area (TPSA) is 58.9 Å². The van der Waals surface area contributed by atoms with Gasteiger partial charge in [0.15, 0.2) is 4.75 Å². The van der Waals surface area contributed by atoms with E-state index in [9.17, 15) is 9.90 Å². The Labute approximate surface area is 275 Å². The number of phenols is 1. The first kappa shape index (κ1) is 30.3. The van der Waals surface area contributed by atoms with Crippen molar-refractivity contribution in [2.45, 2.75) is 69.1 Å². The summed E-state index contributed by atoms with van der Waals surface area (Å²) in [6.07, 6.45) is -0.647. The lowest BCUT2D eigenvalue weighted by Crippen LogP contribution is -2.49. The van der Waals surface area contributed by atoms with Gasteiger partial charge in [0.25, 0.3) is 5.91 Å². The summed E-state index contributed by atoms with van der Waals surface area (Å²) in [5.41, 5.74) is 4.80. The number of hydrogen-bond acceptors (Lipinski definition) is 4. The number of carbonyl (C=O) groups excluding carboxylic acids is 1. The number of aromatic hydroxyl groups is 1. The van der Waals surface area contributed by atoms with Crippen molar-refractivity contribution in [3.05, 3.63) is 143 Å². The van der Waals surface area contributed by atoms with E-state index in [4.69, 9.17) is 9.73 Å². The first-order valence-electron chi connectivity index (χ1n) is 15.9. The molecule has 0 radical (unpaired) electrons. The van der Waals surface area contributed by atoms with E-state index in [0.29, 0.717) is 10.8 Å². The first-order valence-corrected chi connectivity index (χ1v) is 16.7. The summed E-state index contributed by atoms with van der Waals surface area (Å²) in [5, 5.41) is 14.5. The predicted molar refractivity (Wildman–Crippen MR) is 189 cm³/mol. The Hall–Kier alpha value is -4.35. The van der Waals surface area contributed by atoms with Crippen molar-refractivity contribution in [2.24, 2.45) is 4.99 Å². The highest BCUT2D eigenvalue weighted by atomic mass is 32.2. The molecule has 2 aliphatic rings. The largest absolute Gasteiger partial charge is 0.507 e. The molecule has 0 aliphatic carbocycles. The van der Waals surface area contributed by atoms with Crippen LogP contribution in [-0.2, 0) is 15.6 Å². The molecule has 4 nitrogen and oxygen atoms in total. The van der Waals surface area contributed by atoms with Gasteiger partial charge in [0, 0.05) is 22.6 Å². The molecule has 7 rings (SSSR count). The molecule has 1 N–H and O–H groups in total. The molecule has 2 aliphatic heterocycles. The molecular weight excluding hydrogens is 587 g/mol. The second-order valence-electron chi connectivity index (χ2n) is 14.5. The van der Waals surface area contributed by atoms with Gasteiger partial charge in [-0.1, -0.05) is 156 Å². The Morgan fingerprint density at radius 1 is 0.739 bits per heavy atom. The first-order chi connectivity index (χ1) is 21.9. The number of carbonyl (C=O) groups is 1. The van der Waals surface area contributed by atoms with Gasteiger partial charge in [-0.15, -0.1) is 0 Å². The maximum absolute atomic E-state index is 14.9. The molecular formula is C41H39NO3S. The average Bonchev–Trinajstić information content (AvgIpc) is 3.36. The third kappa shape index (κ3) is 4.84. The second-order valence-corrected chi connectivity index (χ2v) is 15.8. The quantitative estimate of drug-likeness (QED) is 0.217. The minimum Gasteiger partial charge on any atom is -0.507 e. The highest BCUT2D eigenvalue weighted by Gasteiger charge is 2.62. The highest BCUT2D eigenvalue weighted by molar-refractivity contribution is 8.16. The monoisotopic (exact) mass is 625 g/mol. The smallest absolute Gasteiger partial charge is 0.268 e. The molecule has 1 spiro atoms. The fraction of sp³-hybridized carbons (Fsp3) is 0.268. The van der Waals surface area contributed by atoms with E-state index in [1.54, 1.807) is 0 Å². The number of ether oxygens (including phenoxy) is 1. The maximum atomic E-state index is 14.9. The molecule has 5 aromatic rings. The minimum atomic E-state index is -1.16. The molecule has 232 valence electrons. The summed E-state index contributed by atoms with van der Waals surface area (Å²) in [6.45, 7) is 12.7. The highest BCUT2D eigenvalue weighted by Crippen LogP contribution is 2.62. The number of benzene rings is 5. The van der Waals surface area contributed by atoms with Crippen LogP contribution in [0.3, 0.4) is 0 Å². The van der Waals surface area contributed by atoms with E-state index in [2.05, 4.69) is 84.0 Å². The molecule has 5 aromatic carbocycles. The van der Waals surface area contributed by atoms with Gasteiger partial charge in [0.2, 0.25) is 0 Å². The third-order valence-electron chi connectivity index (χ3n) is 9.30. The number of nitrogens with zero attached hydrogens (tertiary/aromatic N) is 1. The zero-order valence-corrected chi connectivity index (χ0v) is 28.0. The predicted octanol–water partition coefficient (Wildman–Crippen LogP) is 9.86. The Morgan fingerprint density at radius 3 is 2.02 bits per heavy atom. The van der Waals surface area contributed by atoms with Crippen LogP contribution in [0.5, 0.6) is 11.5 Å². The number of phenolic OH excluding ortho intramolecular Hbond substituents is 1. The lowest BCUT2D eigenvalue weighted by Gasteiger charge is -2.46. The molecule has 0 unspecified atom stereocenters. The lowest BCUT2D eigenvalue weighted by atomic mass is 9.69. The number of para-hydroxylation sites is 1. The molecule has 0 aromatic heterocycles. The van der Waals surface area contributed by atoms with Crippen LogP contribution >= 0.6 is 11.8 Å². The van der Waals surface area contributed by atoms with Gasteiger partial charge in [-0.2, -0.15) is 0 Å². The molecule has 5 heteroatoms. The summed E-state index contributed by atoms with van der Waals surface area (Å²) in [5.74, 6) is 0.429. The maximum Gasteiger partial charge on any atom is 0.268 e. The van der Waals surface area contributed by atoms with Gasteiger partial charge in [-0.25, -0.2) is 4.99 Å². The zero-order chi connectivity index (χ0) is 32.4. The van der Waals surface area contributed by atoms with Crippen LogP contribution in [0.1, 0.15) is 86.9 Å². The molecule has 0 saturated heterocycles. The summed E-state index contributed by atoms with van der Waals surface area (Å²) < 4.78 is 5.86. The summed E-state index contributed by atoms with van der Waals surface area (Å²) in [7, 11) is 0. The van der Waals surface area contributed by atoms with Gasteiger partial charge in [-0.05, 0) is 44.4 Å². The van der Waals surface area contributed by atoms with E-state index in [0.717, 1.165) is 49.9 Å². The van der Waals surface area contributed by atoms with Crippen molar-refractivity contribution < 1.29 is 14.6 Å². The van der Waals surface area contributed by atoms with Gasteiger partial charge < -0.3 is 9.84 Å². The van der Waals surface area contributed by atoms with Crippen LogP contribution in [0, 0.1) is 0 Å². The fourth-order valence-corrected chi connectivity index (χ4v) is 8.55. The number of rotatable bonds is 3. The molecule has 2 heterocycles. The van der Waals surface area contributed by atoms with Crippen LogP contribution in [0.25, 0.3) is 10.8 Å². The van der Waals surface area contributed by atoms with E-state index in [1.807, 2.05) is 66.7 Å². The van der Waals surface area contributed by atoms with Crippen LogP contribution in [0.4, 0.5) is 0 Å². The third-order valence-corrected chi connectivity index (χ3v) is 10.8. The standard InChI is InChI=1S/C41H39NO3S/c1-39(2,3)31-23-27(24-32(35(31)43)40(4,5)6)34-30-20-12-13-22-33(30)45-36(29-21-14-18-25-15-10-11-19-28(25)29)41(34)38(44)42-37(46-41)26-16-8-7-9-17-26/h7-24,34,36,43H,1-6H3/t34-,36-,41-/m1/s1. The number of fused-ring (bicyclic) bond motifs is 2. The van der Waals surface area contributed by atoms with Gasteiger partial charge in [0.1, 0.15) is 22.6 Å². The molecule has 0 bridgehead atoms.